The first-order valence-corrected chi connectivity index (χ1v) is 5.56. The van der Waals surface area contributed by atoms with Crippen LogP contribution in [0.5, 0.6) is 0 Å². The van der Waals surface area contributed by atoms with Crippen LogP contribution in [0.1, 0.15) is 16.2 Å². The average molecular weight is 281 g/mol. The van der Waals surface area contributed by atoms with Gasteiger partial charge in [0, 0.05) is 0 Å². The van der Waals surface area contributed by atoms with Gasteiger partial charge in [0.05, 0.1) is 16.4 Å². The number of hydrogen-bond donors (Lipinski definition) is 2. The van der Waals surface area contributed by atoms with Crippen LogP contribution in [0, 0.1) is 6.92 Å². The fourth-order valence-corrected chi connectivity index (χ4v) is 1.59. The highest BCUT2D eigenvalue weighted by Gasteiger charge is 2.16. The summed E-state index contributed by atoms with van der Waals surface area (Å²) in [5, 5.41) is 7.10. The molecule has 0 bridgehead atoms. The van der Waals surface area contributed by atoms with Crippen molar-refractivity contribution in [3.63, 3.8) is 0 Å². The number of aryl methyl sites for hydroxylation is 1. The predicted molar refractivity (Wildman–Crippen MR) is 66.6 cm³/mol. The Labute approximate surface area is 112 Å². The van der Waals surface area contributed by atoms with Crippen LogP contribution in [-0.4, -0.2) is 27.2 Å². The van der Waals surface area contributed by atoms with Crippen molar-refractivity contribution in [1.82, 2.24) is 15.2 Å². The molecule has 0 atom stereocenters. The van der Waals surface area contributed by atoms with E-state index in [9.17, 15) is 9.59 Å². The molecule has 1 amide bonds. The Hall–Kier alpha value is -2.41. The van der Waals surface area contributed by atoms with Gasteiger partial charge in [-0.1, -0.05) is 17.7 Å². The molecule has 0 spiro atoms. The molecule has 0 aliphatic carbocycles. The molecule has 0 saturated heterocycles. The van der Waals surface area contributed by atoms with Crippen LogP contribution in [0.4, 0.5) is 4.79 Å². The molecule has 2 aromatic rings. The van der Waals surface area contributed by atoms with E-state index >= 15 is 0 Å². The predicted octanol–water partition coefficient (Wildman–Crippen LogP) is 1.67. The first-order chi connectivity index (χ1) is 8.99. The molecule has 98 valence electrons. The summed E-state index contributed by atoms with van der Waals surface area (Å²) in [5.41, 5.74) is 6.17. The highest BCUT2D eigenvalue weighted by Crippen LogP contribution is 2.26. The molecule has 7 nitrogen and oxygen atoms in total. The molecule has 0 fully saturated rings. The standard InChI is InChI=1S/C11H9ClN4O3/c1-5-8(12)9(16-15-5)6-3-2-4-7(14-6)10(17)19-11(13)18/h2-4H,1H3,(H2,13,18)(H,15,16). The van der Waals surface area contributed by atoms with Crippen LogP contribution in [0.2, 0.25) is 5.02 Å². The van der Waals surface area contributed by atoms with Crippen molar-refractivity contribution in [2.24, 2.45) is 5.73 Å². The van der Waals surface area contributed by atoms with Crippen molar-refractivity contribution in [2.75, 3.05) is 0 Å². The number of H-pyrrole nitrogens is 1. The molecular formula is C11H9ClN4O3. The number of hydrogen-bond acceptors (Lipinski definition) is 5. The lowest BCUT2D eigenvalue weighted by Gasteiger charge is -2.01. The van der Waals surface area contributed by atoms with Crippen LogP contribution in [0.15, 0.2) is 18.2 Å². The lowest BCUT2D eigenvalue weighted by Crippen LogP contribution is -2.19. The van der Waals surface area contributed by atoms with Crippen molar-refractivity contribution in [1.29, 1.82) is 0 Å². The number of nitrogens with one attached hydrogen (secondary N) is 1. The average Bonchev–Trinajstić information content (AvgIpc) is 2.69. The molecular weight excluding hydrogens is 272 g/mol. The fraction of sp³-hybridized carbons (Fsp3) is 0.0909. The summed E-state index contributed by atoms with van der Waals surface area (Å²) < 4.78 is 4.24. The van der Waals surface area contributed by atoms with E-state index in [1.54, 1.807) is 19.1 Å². The molecule has 0 aliphatic rings. The summed E-state index contributed by atoms with van der Waals surface area (Å²) in [7, 11) is 0. The van der Waals surface area contributed by atoms with Crippen molar-refractivity contribution in [2.45, 2.75) is 6.92 Å². The lowest BCUT2D eigenvalue weighted by molar-refractivity contribution is 0.0632. The molecule has 8 heteroatoms. The third-order valence-corrected chi connectivity index (χ3v) is 2.73. The van der Waals surface area contributed by atoms with E-state index in [4.69, 9.17) is 17.3 Å². The number of esters is 1. The minimum atomic E-state index is -1.19. The van der Waals surface area contributed by atoms with E-state index in [1.165, 1.54) is 6.07 Å². The number of ether oxygens (including phenoxy) is 1. The van der Waals surface area contributed by atoms with E-state index in [-0.39, 0.29) is 5.69 Å². The molecule has 0 unspecified atom stereocenters. The van der Waals surface area contributed by atoms with Gasteiger partial charge in [-0.25, -0.2) is 14.6 Å². The van der Waals surface area contributed by atoms with Crippen molar-refractivity contribution >= 4 is 23.7 Å². The number of rotatable bonds is 2. The summed E-state index contributed by atoms with van der Waals surface area (Å²) in [6.45, 7) is 1.75. The van der Waals surface area contributed by atoms with Gasteiger partial charge in [-0.2, -0.15) is 5.10 Å². The second-order valence-electron chi connectivity index (χ2n) is 3.63. The normalized spacial score (nSPS) is 10.2. The number of primary amides is 1. The zero-order chi connectivity index (χ0) is 14.0. The van der Waals surface area contributed by atoms with Gasteiger partial charge in [0.1, 0.15) is 11.4 Å². The van der Waals surface area contributed by atoms with Gasteiger partial charge in [-0.05, 0) is 19.1 Å². The maximum absolute atomic E-state index is 11.5. The fourth-order valence-electron chi connectivity index (χ4n) is 1.41. The van der Waals surface area contributed by atoms with Gasteiger partial charge in [0.25, 0.3) is 0 Å². The maximum atomic E-state index is 11.5. The number of aromatic amines is 1. The number of pyridine rings is 1. The van der Waals surface area contributed by atoms with Crippen molar-refractivity contribution < 1.29 is 14.3 Å². The Kier molecular flexibility index (Phi) is 3.48. The summed E-state index contributed by atoms with van der Waals surface area (Å²) in [4.78, 5) is 26.0. The number of halogens is 1. The third kappa shape index (κ3) is 2.71. The molecule has 19 heavy (non-hydrogen) atoms. The van der Waals surface area contributed by atoms with Gasteiger partial charge in [-0.3, -0.25) is 5.10 Å². The Morgan fingerprint density at radius 1 is 1.42 bits per heavy atom. The van der Waals surface area contributed by atoms with Gasteiger partial charge >= 0.3 is 12.1 Å². The molecule has 0 radical (unpaired) electrons. The number of carbonyl (C=O) groups is 2. The Morgan fingerprint density at radius 2 is 2.16 bits per heavy atom. The van der Waals surface area contributed by atoms with Gasteiger partial charge in [0.2, 0.25) is 0 Å². The summed E-state index contributed by atoms with van der Waals surface area (Å²) in [6, 6.07) is 4.59. The van der Waals surface area contributed by atoms with Gasteiger partial charge in [-0.15, -0.1) is 0 Å². The minimum Gasteiger partial charge on any atom is -0.372 e. The van der Waals surface area contributed by atoms with Gasteiger partial charge in [0.15, 0.2) is 0 Å². The van der Waals surface area contributed by atoms with E-state index < -0.39 is 12.1 Å². The second kappa shape index (κ2) is 5.07. The van der Waals surface area contributed by atoms with Crippen LogP contribution in [0.25, 0.3) is 11.4 Å². The van der Waals surface area contributed by atoms with E-state index in [1.807, 2.05) is 0 Å². The molecule has 0 saturated carbocycles. The topological polar surface area (TPSA) is 111 Å². The summed E-state index contributed by atoms with van der Waals surface area (Å²) in [6.07, 6.45) is -1.19. The number of carbonyl (C=O) groups excluding carboxylic acids is 2. The zero-order valence-electron chi connectivity index (χ0n) is 9.81. The first kappa shape index (κ1) is 13.0. The number of amides is 1. The molecule has 2 rings (SSSR count). The lowest BCUT2D eigenvalue weighted by atomic mass is 10.2. The van der Waals surface area contributed by atoms with Crippen LogP contribution >= 0.6 is 11.6 Å². The minimum absolute atomic E-state index is 0.0620. The summed E-state index contributed by atoms with van der Waals surface area (Å²) >= 11 is 6.04. The SMILES string of the molecule is Cc1[nH]nc(-c2cccc(C(=O)OC(N)=O)n2)c1Cl. The highest BCUT2D eigenvalue weighted by atomic mass is 35.5. The Balaban J connectivity index is 2.37. The number of aromatic nitrogens is 3. The Morgan fingerprint density at radius 3 is 2.74 bits per heavy atom. The molecule has 0 aromatic carbocycles. The number of nitrogens with two attached hydrogens (primary N) is 1. The van der Waals surface area contributed by atoms with Crippen LogP contribution in [0.3, 0.4) is 0 Å². The number of nitrogens with zero attached hydrogens (tertiary/aromatic N) is 2. The van der Waals surface area contributed by atoms with E-state index in [0.717, 1.165) is 0 Å². The van der Waals surface area contributed by atoms with E-state index in [2.05, 4.69) is 19.9 Å². The van der Waals surface area contributed by atoms with Crippen molar-refractivity contribution in [3.8, 4) is 11.4 Å². The van der Waals surface area contributed by atoms with Crippen LogP contribution < -0.4 is 5.73 Å². The third-order valence-electron chi connectivity index (χ3n) is 2.27. The molecule has 2 heterocycles. The van der Waals surface area contributed by atoms with E-state index in [0.29, 0.717) is 22.1 Å². The van der Waals surface area contributed by atoms with Crippen LogP contribution in [-0.2, 0) is 4.74 Å². The van der Waals surface area contributed by atoms with Crippen molar-refractivity contribution in [3.05, 3.63) is 34.6 Å². The molecule has 2 aromatic heterocycles. The Bertz CT molecular complexity index is 653. The summed E-state index contributed by atoms with van der Waals surface area (Å²) in [5.74, 6) is -0.933. The van der Waals surface area contributed by atoms with Gasteiger partial charge < -0.3 is 10.5 Å². The quantitative estimate of drug-likeness (QED) is 0.642. The molecule has 3 N–H and O–H groups in total. The smallest absolute Gasteiger partial charge is 0.372 e. The first-order valence-electron chi connectivity index (χ1n) is 5.18. The second-order valence-corrected chi connectivity index (χ2v) is 4.01. The zero-order valence-corrected chi connectivity index (χ0v) is 10.6. The largest absolute Gasteiger partial charge is 0.412 e. The highest BCUT2D eigenvalue weighted by molar-refractivity contribution is 6.33. The molecule has 0 aliphatic heterocycles. The monoisotopic (exact) mass is 280 g/mol. The maximum Gasteiger partial charge on any atom is 0.412 e.